The molecule has 3 heterocycles. The third kappa shape index (κ3) is 3.11. The van der Waals surface area contributed by atoms with Crippen molar-refractivity contribution in [2.45, 2.75) is 37.5 Å². The van der Waals surface area contributed by atoms with E-state index >= 15 is 0 Å². The van der Waals surface area contributed by atoms with Crippen LogP contribution in [-0.2, 0) is 32.6 Å². The first-order valence-electron chi connectivity index (χ1n) is 11.5. The van der Waals surface area contributed by atoms with E-state index < -0.39 is 5.41 Å². The second-order valence-electron chi connectivity index (χ2n) is 9.41. The summed E-state index contributed by atoms with van der Waals surface area (Å²) in [6.45, 7) is 2.06. The fourth-order valence-corrected chi connectivity index (χ4v) is 5.75. The van der Waals surface area contributed by atoms with Gasteiger partial charge in [0.05, 0.1) is 5.41 Å². The first kappa shape index (κ1) is 20.6. The number of carbonyl (C=O) groups is 3. The van der Waals surface area contributed by atoms with Crippen LogP contribution in [0, 0.1) is 0 Å². The number of carbonyl (C=O) groups excluding carboxylic acids is 3. The highest BCUT2D eigenvalue weighted by atomic mass is 16.2. The Morgan fingerprint density at radius 1 is 1.12 bits per heavy atom. The zero-order valence-electron chi connectivity index (χ0n) is 18.8. The van der Waals surface area contributed by atoms with Crippen molar-refractivity contribution < 1.29 is 14.4 Å². The molecule has 0 saturated carbocycles. The molecule has 170 valence electrons. The number of nitrogens with zero attached hydrogens (tertiary/aromatic N) is 2. The maximum absolute atomic E-state index is 12.9. The van der Waals surface area contributed by atoms with Crippen molar-refractivity contribution in [3.63, 3.8) is 0 Å². The summed E-state index contributed by atoms with van der Waals surface area (Å²) in [5.41, 5.74) is 5.14. The minimum atomic E-state index is -0.627. The number of hydrogen-bond acceptors (Lipinski definition) is 4. The normalized spacial score (nSPS) is 21.7. The predicted molar refractivity (Wildman–Crippen MR) is 129 cm³/mol. The molecule has 1 spiro atoms. The number of hydrogen-bond donors (Lipinski definition) is 2. The second-order valence-corrected chi connectivity index (χ2v) is 9.41. The maximum Gasteiger partial charge on any atom is 0.237 e. The lowest BCUT2D eigenvalue weighted by molar-refractivity contribution is -0.120. The van der Waals surface area contributed by atoms with Gasteiger partial charge in [0.25, 0.3) is 0 Å². The average molecular weight is 453 g/mol. The van der Waals surface area contributed by atoms with Crippen LogP contribution in [0.3, 0.4) is 0 Å². The molecule has 0 fully saturated rings. The molecule has 2 aliphatic heterocycles. The van der Waals surface area contributed by atoms with Gasteiger partial charge in [0, 0.05) is 48.9 Å². The molecule has 7 nitrogen and oxygen atoms in total. The number of aromatic nitrogens is 1. The SMILES string of the molecule is CC(=O)N1CC(CC(=O)Nc2ccc3c(c2)CC2(C3)C(=O)Nc3ncccc32)c2ccccc21. The summed E-state index contributed by atoms with van der Waals surface area (Å²) in [6, 6.07) is 17.5. The third-order valence-electron chi connectivity index (χ3n) is 7.35. The minimum absolute atomic E-state index is 0.0158. The summed E-state index contributed by atoms with van der Waals surface area (Å²) in [6.07, 6.45) is 3.19. The molecule has 7 heteroatoms. The van der Waals surface area contributed by atoms with Crippen molar-refractivity contribution in [2.24, 2.45) is 0 Å². The Labute approximate surface area is 197 Å². The molecular formula is C27H24N4O3. The molecule has 1 aromatic heterocycles. The highest BCUT2D eigenvalue weighted by Crippen LogP contribution is 2.47. The fourth-order valence-electron chi connectivity index (χ4n) is 5.75. The van der Waals surface area contributed by atoms with Crippen LogP contribution in [-0.4, -0.2) is 29.3 Å². The summed E-state index contributed by atoms with van der Waals surface area (Å²) < 4.78 is 0. The molecule has 1 aliphatic carbocycles. The van der Waals surface area contributed by atoms with Crippen molar-refractivity contribution in [2.75, 3.05) is 22.1 Å². The molecule has 0 bridgehead atoms. The smallest absolute Gasteiger partial charge is 0.237 e. The van der Waals surface area contributed by atoms with Crippen molar-refractivity contribution in [1.82, 2.24) is 4.98 Å². The highest BCUT2D eigenvalue weighted by Gasteiger charge is 2.51. The highest BCUT2D eigenvalue weighted by molar-refractivity contribution is 6.06. The lowest BCUT2D eigenvalue weighted by Gasteiger charge is -2.20. The summed E-state index contributed by atoms with van der Waals surface area (Å²) in [7, 11) is 0. The van der Waals surface area contributed by atoms with Gasteiger partial charge >= 0.3 is 0 Å². The fraction of sp³-hybridized carbons (Fsp3) is 0.259. The second kappa shape index (κ2) is 7.52. The molecule has 2 aromatic carbocycles. The Morgan fingerprint density at radius 2 is 1.94 bits per heavy atom. The number of benzene rings is 2. The standard InChI is InChI=1S/C27H24N4O3/c1-16(32)31-15-19(21-5-2-3-7-23(21)31)12-24(33)29-20-9-8-17-13-27(14-18(17)11-20)22-6-4-10-28-25(22)30-26(27)34/h2-11,19H,12-15H2,1H3,(H,29,33)(H,28,30,34). The molecule has 34 heavy (non-hydrogen) atoms. The maximum atomic E-state index is 12.9. The predicted octanol–water partition coefficient (Wildman–Crippen LogP) is 3.55. The van der Waals surface area contributed by atoms with Crippen molar-refractivity contribution >= 4 is 34.9 Å². The Morgan fingerprint density at radius 3 is 2.79 bits per heavy atom. The average Bonchev–Trinajstić information content (AvgIpc) is 3.46. The molecular weight excluding hydrogens is 428 g/mol. The monoisotopic (exact) mass is 452 g/mol. The van der Waals surface area contributed by atoms with E-state index in [4.69, 9.17) is 0 Å². The molecule has 2 unspecified atom stereocenters. The van der Waals surface area contributed by atoms with Gasteiger partial charge in [0.1, 0.15) is 5.82 Å². The van der Waals surface area contributed by atoms with Gasteiger partial charge in [-0.25, -0.2) is 4.98 Å². The number of rotatable bonds is 3. The summed E-state index contributed by atoms with van der Waals surface area (Å²) >= 11 is 0. The Kier molecular flexibility index (Phi) is 4.55. The number of para-hydroxylation sites is 1. The lowest BCUT2D eigenvalue weighted by atomic mass is 9.79. The first-order valence-corrected chi connectivity index (χ1v) is 11.5. The van der Waals surface area contributed by atoms with E-state index in [1.165, 1.54) is 0 Å². The van der Waals surface area contributed by atoms with Crippen LogP contribution in [0.25, 0.3) is 0 Å². The van der Waals surface area contributed by atoms with Gasteiger partial charge in [-0.1, -0.05) is 30.3 Å². The lowest BCUT2D eigenvalue weighted by Crippen LogP contribution is -2.35. The van der Waals surface area contributed by atoms with Crippen LogP contribution in [0.5, 0.6) is 0 Å². The zero-order valence-corrected chi connectivity index (χ0v) is 18.8. The van der Waals surface area contributed by atoms with E-state index in [2.05, 4.69) is 15.6 Å². The van der Waals surface area contributed by atoms with Crippen molar-refractivity contribution in [3.05, 3.63) is 83.0 Å². The molecule has 2 N–H and O–H groups in total. The largest absolute Gasteiger partial charge is 0.326 e. The number of amides is 3. The van der Waals surface area contributed by atoms with E-state index in [-0.39, 0.29) is 23.6 Å². The molecule has 6 rings (SSSR count). The quantitative estimate of drug-likeness (QED) is 0.636. The molecule has 3 amide bonds. The molecule has 0 radical (unpaired) electrons. The molecule has 0 saturated heterocycles. The number of anilines is 3. The third-order valence-corrected chi connectivity index (χ3v) is 7.35. The van der Waals surface area contributed by atoms with E-state index in [0.717, 1.165) is 33.6 Å². The van der Waals surface area contributed by atoms with Crippen molar-refractivity contribution in [3.8, 4) is 0 Å². The van der Waals surface area contributed by atoms with Crippen LogP contribution >= 0.6 is 0 Å². The van der Waals surface area contributed by atoms with Gasteiger partial charge in [-0.3, -0.25) is 14.4 Å². The zero-order chi connectivity index (χ0) is 23.4. The molecule has 3 aromatic rings. The summed E-state index contributed by atoms with van der Waals surface area (Å²) in [5.74, 6) is 0.480. The number of pyridine rings is 1. The van der Waals surface area contributed by atoms with Crippen molar-refractivity contribution in [1.29, 1.82) is 0 Å². The molecule has 2 atom stereocenters. The van der Waals surface area contributed by atoms with Gasteiger partial charge in [-0.15, -0.1) is 0 Å². The van der Waals surface area contributed by atoms with E-state index in [1.54, 1.807) is 18.0 Å². The van der Waals surface area contributed by atoms with Gasteiger partial charge in [-0.05, 0) is 53.8 Å². The van der Waals surface area contributed by atoms with Gasteiger partial charge in [0.15, 0.2) is 0 Å². The van der Waals surface area contributed by atoms with Crippen LogP contribution in [0.2, 0.25) is 0 Å². The Balaban J connectivity index is 1.19. The topological polar surface area (TPSA) is 91.4 Å². The van der Waals surface area contributed by atoms with E-state index in [1.807, 2.05) is 54.6 Å². The van der Waals surface area contributed by atoms with E-state index in [9.17, 15) is 14.4 Å². The van der Waals surface area contributed by atoms with Crippen LogP contribution in [0.15, 0.2) is 60.8 Å². The number of nitrogens with one attached hydrogen (secondary N) is 2. The van der Waals surface area contributed by atoms with Gasteiger partial charge in [0.2, 0.25) is 17.7 Å². The van der Waals surface area contributed by atoms with Crippen LogP contribution < -0.4 is 15.5 Å². The minimum Gasteiger partial charge on any atom is -0.326 e. The van der Waals surface area contributed by atoms with Crippen LogP contribution in [0.4, 0.5) is 17.2 Å². The Hall–Kier alpha value is -4.00. The first-order chi connectivity index (χ1) is 16.4. The van der Waals surface area contributed by atoms with Crippen LogP contribution in [0.1, 0.15) is 41.5 Å². The van der Waals surface area contributed by atoms with E-state index in [0.29, 0.717) is 31.6 Å². The van der Waals surface area contributed by atoms with Gasteiger partial charge in [-0.2, -0.15) is 0 Å². The summed E-state index contributed by atoms with van der Waals surface area (Å²) in [5, 5.41) is 5.95. The molecule has 3 aliphatic rings. The number of fused-ring (bicyclic) bond motifs is 4. The summed E-state index contributed by atoms with van der Waals surface area (Å²) in [4.78, 5) is 43.9. The van der Waals surface area contributed by atoms with Gasteiger partial charge < -0.3 is 15.5 Å². The Bertz CT molecular complexity index is 1370.